The van der Waals surface area contributed by atoms with E-state index in [1.54, 1.807) is 12.1 Å². The molecule has 0 aliphatic heterocycles. The molecule has 0 aliphatic carbocycles. The van der Waals surface area contributed by atoms with Crippen LogP contribution in [0.2, 0.25) is 0 Å². The van der Waals surface area contributed by atoms with Crippen molar-refractivity contribution < 1.29 is 26.0 Å². The highest BCUT2D eigenvalue weighted by molar-refractivity contribution is 7.94. The maximum Gasteiger partial charge on any atom is 0.210 e. The minimum Gasteiger partial charge on any atom is -0.497 e. The molecule has 9 heteroatoms. The normalized spacial score (nSPS) is 12.7. The predicted octanol–water partition coefficient (Wildman–Crippen LogP) is 5.35. The molecule has 0 aliphatic rings. The van der Waals surface area contributed by atoms with Gasteiger partial charge in [-0.3, -0.25) is 0 Å². The van der Waals surface area contributed by atoms with Gasteiger partial charge in [0.05, 0.1) is 21.8 Å². The maximum absolute atomic E-state index is 14.4. The summed E-state index contributed by atoms with van der Waals surface area (Å²) in [7, 11) is -7.47. The Morgan fingerprint density at radius 2 is 1.41 bits per heavy atom. The lowest BCUT2D eigenvalue weighted by Gasteiger charge is -2.16. The Morgan fingerprint density at radius 1 is 0.757 bits per heavy atom. The minimum absolute atomic E-state index is 0.0602. The molecule has 0 radical (unpaired) electrons. The molecule has 0 spiro atoms. The van der Waals surface area contributed by atoms with Crippen molar-refractivity contribution in [1.29, 1.82) is 0 Å². The molecule has 0 saturated heterocycles. The number of hydrogen-bond acceptors (Lipinski definition) is 6. The first-order valence-electron chi connectivity index (χ1n) is 11.4. The van der Waals surface area contributed by atoms with Crippen LogP contribution in [0.3, 0.4) is 0 Å². The number of rotatable bonds is 9. The standard InChI is InChI=1S/C28H26FNO5S2/c1-20(30-19-21-8-4-3-5-9-21)22-12-15-24(16-13-22)36(31,32)27-17-14-23(35-2)18-28(27)37(33,34)26-11-7-6-10-25(26)29/h3-18,20,30H,19H2,1-2H3/t20-/m0/s1. The molecule has 0 bridgehead atoms. The van der Waals surface area contributed by atoms with Crippen LogP contribution < -0.4 is 10.1 Å². The number of benzene rings is 4. The first-order valence-corrected chi connectivity index (χ1v) is 14.4. The van der Waals surface area contributed by atoms with Crippen LogP contribution in [0.1, 0.15) is 24.1 Å². The summed E-state index contributed by atoms with van der Waals surface area (Å²) >= 11 is 0. The molecule has 192 valence electrons. The van der Waals surface area contributed by atoms with Gasteiger partial charge >= 0.3 is 0 Å². The van der Waals surface area contributed by atoms with Crippen molar-refractivity contribution >= 4 is 19.7 Å². The monoisotopic (exact) mass is 539 g/mol. The van der Waals surface area contributed by atoms with E-state index in [-0.39, 0.29) is 16.7 Å². The Morgan fingerprint density at radius 3 is 2.05 bits per heavy atom. The molecule has 37 heavy (non-hydrogen) atoms. The first-order chi connectivity index (χ1) is 17.6. The summed E-state index contributed by atoms with van der Waals surface area (Å²) in [5.74, 6) is -0.850. The van der Waals surface area contributed by atoms with E-state index >= 15 is 0 Å². The smallest absolute Gasteiger partial charge is 0.210 e. The summed E-state index contributed by atoms with van der Waals surface area (Å²) in [4.78, 5) is -1.71. The van der Waals surface area contributed by atoms with Crippen molar-refractivity contribution in [2.75, 3.05) is 7.11 Å². The molecule has 6 nitrogen and oxygen atoms in total. The topological polar surface area (TPSA) is 89.5 Å². The van der Waals surface area contributed by atoms with Gasteiger partial charge < -0.3 is 10.1 Å². The van der Waals surface area contributed by atoms with E-state index in [1.165, 1.54) is 43.5 Å². The van der Waals surface area contributed by atoms with Crippen LogP contribution in [0.4, 0.5) is 4.39 Å². The first kappa shape index (κ1) is 26.5. The van der Waals surface area contributed by atoms with Crippen LogP contribution in [-0.4, -0.2) is 23.9 Å². The van der Waals surface area contributed by atoms with Crippen molar-refractivity contribution in [3.05, 3.63) is 114 Å². The lowest BCUT2D eigenvalue weighted by atomic mass is 10.1. The van der Waals surface area contributed by atoms with E-state index in [0.29, 0.717) is 6.54 Å². The van der Waals surface area contributed by atoms with Crippen LogP contribution in [0, 0.1) is 5.82 Å². The van der Waals surface area contributed by atoms with E-state index in [0.717, 1.165) is 29.3 Å². The zero-order chi connectivity index (χ0) is 26.6. The molecule has 0 amide bonds. The van der Waals surface area contributed by atoms with Crippen LogP contribution >= 0.6 is 0 Å². The van der Waals surface area contributed by atoms with Crippen molar-refractivity contribution in [2.24, 2.45) is 0 Å². The molecule has 1 atom stereocenters. The largest absolute Gasteiger partial charge is 0.497 e. The summed E-state index contributed by atoms with van der Waals surface area (Å²) in [5.41, 5.74) is 1.99. The van der Waals surface area contributed by atoms with Gasteiger partial charge in [0.25, 0.3) is 0 Å². The molecule has 0 aromatic heterocycles. The average molecular weight is 540 g/mol. The van der Waals surface area contributed by atoms with Gasteiger partial charge in [-0.25, -0.2) is 21.2 Å². The molecule has 4 aromatic rings. The van der Waals surface area contributed by atoms with Crippen molar-refractivity contribution in [1.82, 2.24) is 5.32 Å². The number of sulfone groups is 2. The molecule has 0 unspecified atom stereocenters. The molecular formula is C28H26FNO5S2. The molecule has 1 N–H and O–H groups in total. The minimum atomic E-state index is -4.52. The van der Waals surface area contributed by atoms with Gasteiger partial charge in [0.1, 0.15) is 16.5 Å². The highest BCUT2D eigenvalue weighted by Gasteiger charge is 2.31. The average Bonchev–Trinajstić information content (AvgIpc) is 2.92. The van der Waals surface area contributed by atoms with Crippen LogP contribution in [0.25, 0.3) is 0 Å². The summed E-state index contributed by atoms with van der Waals surface area (Å²) in [5, 5.41) is 3.39. The second kappa shape index (κ2) is 10.8. The zero-order valence-corrected chi connectivity index (χ0v) is 21.9. The second-order valence-electron chi connectivity index (χ2n) is 8.41. The number of methoxy groups -OCH3 is 1. The highest BCUT2D eigenvalue weighted by atomic mass is 32.2. The summed E-state index contributed by atoms with van der Waals surface area (Å²) in [6, 6.07) is 24.5. The third kappa shape index (κ3) is 5.58. The van der Waals surface area contributed by atoms with E-state index in [4.69, 9.17) is 4.74 Å². The number of nitrogens with one attached hydrogen (secondary N) is 1. The third-order valence-electron chi connectivity index (χ3n) is 6.00. The zero-order valence-electron chi connectivity index (χ0n) is 20.3. The Bertz CT molecular complexity index is 1600. The maximum atomic E-state index is 14.4. The van der Waals surface area contributed by atoms with Crippen molar-refractivity contribution in [3.8, 4) is 5.75 Å². The molecular weight excluding hydrogens is 513 g/mol. The molecule has 4 rings (SSSR count). The van der Waals surface area contributed by atoms with Gasteiger partial charge in [-0.1, -0.05) is 54.6 Å². The Kier molecular flexibility index (Phi) is 7.77. The Balaban J connectivity index is 1.68. The van der Waals surface area contributed by atoms with Gasteiger partial charge in [0, 0.05) is 18.7 Å². The summed E-state index contributed by atoms with van der Waals surface area (Å²) in [6.07, 6.45) is 0. The van der Waals surface area contributed by atoms with E-state index < -0.39 is 40.2 Å². The lowest BCUT2D eigenvalue weighted by Crippen LogP contribution is -2.18. The number of ether oxygens (including phenoxy) is 1. The van der Waals surface area contributed by atoms with Gasteiger partial charge in [0.15, 0.2) is 0 Å². The van der Waals surface area contributed by atoms with Crippen LogP contribution in [0.5, 0.6) is 5.75 Å². The lowest BCUT2D eigenvalue weighted by molar-refractivity contribution is 0.412. The van der Waals surface area contributed by atoms with Gasteiger partial charge in [-0.05, 0) is 54.4 Å². The van der Waals surface area contributed by atoms with Gasteiger partial charge in [-0.2, -0.15) is 0 Å². The quantitative estimate of drug-likeness (QED) is 0.308. The van der Waals surface area contributed by atoms with Crippen LogP contribution in [-0.2, 0) is 26.2 Å². The van der Waals surface area contributed by atoms with E-state index in [1.807, 2.05) is 37.3 Å². The molecule has 4 aromatic carbocycles. The predicted molar refractivity (Wildman–Crippen MR) is 138 cm³/mol. The fourth-order valence-corrected chi connectivity index (χ4v) is 7.28. The number of hydrogen-bond donors (Lipinski definition) is 1. The van der Waals surface area contributed by atoms with Gasteiger partial charge in [-0.15, -0.1) is 0 Å². The van der Waals surface area contributed by atoms with Crippen LogP contribution in [0.15, 0.2) is 117 Å². The van der Waals surface area contributed by atoms with Crippen molar-refractivity contribution in [3.63, 3.8) is 0 Å². The fraction of sp³-hybridized carbons (Fsp3) is 0.143. The van der Waals surface area contributed by atoms with Gasteiger partial charge in [0.2, 0.25) is 19.7 Å². The molecule has 0 fully saturated rings. The van der Waals surface area contributed by atoms with E-state index in [2.05, 4.69) is 5.32 Å². The SMILES string of the molecule is COc1ccc(S(=O)(=O)c2ccc([C@H](C)NCc3ccccc3)cc2)c(S(=O)(=O)c2ccccc2F)c1. The van der Waals surface area contributed by atoms with Crippen molar-refractivity contribution in [2.45, 2.75) is 39.1 Å². The second-order valence-corrected chi connectivity index (χ2v) is 12.2. The Labute approximate surface area is 216 Å². The molecule has 0 saturated carbocycles. The number of halogens is 1. The Hall–Kier alpha value is -3.53. The summed E-state index contributed by atoms with van der Waals surface area (Å²) in [6.45, 7) is 2.61. The highest BCUT2D eigenvalue weighted by Crippen LogP contribution is 2.34. The molecule has 0 heterocycles. The third-order valence-corrected chi connectivity index (χ3v) is 9.79. The summed E-state index contributed by atoms with van der Waals surface area (Å²) < 4.78 is 73.5. The van der Waals surface area contributed by atoms with E-state index in [9.17, 15) is 21.2 Å². The fourth-order valence-electron chi connectivity index (χ4n) is 3.88.